The summed E-state index contributed by atoms with van der Waals surface area (Å²) in [6, 6.07) is 0. The fourth-order valence-electron chi connectivity index (χ4n) is 1.48. The van der Waals surface area contributed by atoms with Gasteiger partial charge in [0.1, 0.15) is 11.4 Å². The van der Waals surface area contributed by atoms with E-state index in [4.69, 9.17) is 15.3 Å². The Morgan fingerprint density at radius 3 is 2.44 bits per heavy atom. The molecule has 0 radical (unpaired) electrons. The lowest BCUT2D eigenvalue weighted by atomic mass is 10.0. The summed E-state index contributed by atoms with van der Waals surface area (Å²) in [4.78, 5) is 15.8. The molecule has 1 heterocycles. The molecule has 0 bridgehead atoms. The number of hydrogen-bond donors (Lipinski definition) is 5. The van der Waals surface area contributed by atoms with E-state index in [2.05, 4.69) is 20.5 Å². The van der Waals surface area contributed by atoms with Gasteiger partial charge < -0.3 is 20.6 Å². The first-order valence-corrected chi connectivity index (χ1v) is 5.71. The lowest BCUT2D eigenvalue weighted by Crippen LogP contribution is -2.57. The highest BCUT2D eigenvalue weighted by Crippen LogP contribution is 2.37. The number of nitrogens with zero attached hydrogens (tertiary/aromatic N) is 2. The summed E-state index contributed by atoms with van der Waals surface area (Å²) in [6.45, 7) is -1.73. The second kappa shape index (κ2) is 5.01. The van der Waals surface area contributed by atoms with Crippen LogP contribution in [0.4, 0.5) is 0 Å². The average molecular weight is 256 g/mol. The van der Waals surface area contributed by atoms with Crippen LogP contribution in [0.2, 0.25) is 0 Å². The Kier molecular flexibility index (Phi) is 3.60. The molecule has 100 valence electrons. The molecule has 1 aromatic heterocycles. The van der Waals surface area contributed by atoms with E-state index in [1.54, 1.807) is 0 Å². The zero-order valence-corrected chi connectivity index (χ0v) is 9.76. The van der Waals surface area contributed by atoms with Crippen molar-refractivity contribution in [2.24, 2.45) is 0 Å². The van der Waals surface area contributed by atoms with Gasteiger partial charge in [0.05, 0.1) is 19.8 Å². The van der Waals surface area contributed by atoms with Gasteiger partial charge in [-0.2, -0.15) is 0 Å². The molecule has 0 unspecified atom stereocenters. The molecule has 2 rings (SSSR count). The zero-order valence-electron chi connectivity index (χ0n) is 9.76. The van der Waals surface area contributed by atoms with E-state index in [9.17, 15) is 4.79 Å². The van der Waals surface area contributed by atoms with Gasteiger partial charge in [-0.3, -0.25) is 9.89 Å². The Bertz CT molecular complexity index is 417. The quantitative estimate of drug-likeness (QED) is 0.405. The molecule has 0 spiro atoms. The Morgan fingerprint density at radius 1 is 1.33 bits per heavy atom. The minimum Gasteiger partial charge on any atom is -0.394 e. The van der Waals surface area contributed by atoms with Crippen LogP contribution in [0, 0.1) is 0 Å². The van der Waals surface area contributed by atoms with Crippen molar-refractivity contribution in [2.45, 2.75) is 24.3 Å². The van der Waals surface area contributed by atoms with Crippen molar-refractivity contribution >= 4 is 5.91 Å². The first kappa shape index (κ1) is 12.9. The molecule has 1 amide bonds. The monoisotopic (exact) mass is 256 g/mol. The highest BCUT2D eigenvalue weighted by atomic mass is 16.3. The largest absolute Gasteiger partial charge is 0.394 e. The standard InChI is InChI=1S/C10H16N4O4/c15-3-10(4-16,5-17)12-9(18)8-11-7(13-14-8)6-1-2-6/h6,15-17H,1-5H2,(H,12,18)(H,11,13,14). The van der Waals surface area contributed by atoms with E-state index in [1.165, 1.54) is 0 Å². The topological polar surface area (TPSA) is 131 Å². The molecule has 1 saturated carbocycles. The molecule has 8 nitrogen and oxygen atoms in total. The van der Waals surface area contributed by atoms with Crippen LogP contribution in [-0.4, -0.2) is 61.8 Å². The third-order valence-electron chi connectivity index (χ3n) is 2.96. The Morgan fingerprint density at radius 2 is 1.94 bits per heavy atom. The number of aromatic nitrogens is 3. The molecule has 0 saturated heterocycles. The minimum absolute atomic E-state index is 0.0587. The molecule has 1 aliphatic rings. The molecule has 1 aromatic rings. The van der Waals surface area contributed by atoms with Crippen molar-refractivity contribution in [1.82, 2.24) is 20.5 Å². The van der Waals surface area contributed by atoms with Crippen LogP contribution in [0.1, 0.15) is 35.2 Å². The van der Waals surface area contributed by atoms with Gasteiger partial charge in [-0.15, -0.1) is 5.10 Å². The lowest BCUT2D eigenvalue weighted by molar-refractivity contribution is 0.0371. The molecule has 0 atom stereocenters. The summed E-state index contributed by atoms with van der Waals surface area (Å²) in [6.07, 6.45) is 2.06. The average Bonchev–Trinajstić information content (AvgIpc) is 3.13. The van der Waals surface area contributed by atoms with E-state index in [0.717, 1.165) is 12.8 Å². The molecule has 1 aliphatic carbocycles. The number of rotatable bonds is 6. The molecule has 18 heavy (non-hydrogen) atoms. The predicted molar refractivity (Wildman–Crippen MR) is 59.8 cm³/mol. The lowest BCUT2D eigenvalue weighted by Gasteiger charge is -2.27. The second-order valence-corrected chi connectivity index (χ2v) is 4.53. The third-order valence-corrected chi connectivity index (χ3v) is 2.96. The SMILES string of the molecule is O=C(NC(CO)(CO)CO)c1n[nH]c(C2CC2)n1. The summed E-state index contributed by atoms with van der Waals surface area (Å²) < 4.78 is 0. The number of aliphatic hydroxyl groups excluding tert-OH is 3. The maximum Gasteiger partial charge on any atom is 0.291 e. The van der Waals surface area contributed by atoms with Crippen LogP contribution < -0.4 is 5.32 Å². The number of hydrogen-bond acceptors (Lipinski definition) is 6. The van der Waals surface area contributed by atoms with Gasteiger partial charge in [0.15, 0.2) is 0 Å². The van der Waals surface area contributed by atoms with Crippen molar-refractivity contribution in [3.05, 3.63) is 11.6 Å². The predicted octanol–water partition coefficient (Wildman–Crippen LogP) is -1.87. The van der Waals surface area contributed by atoms with Gasteiger partial charge in [-0.05, 0) is 12.8 Å². The molecular formula is C10H16N4O4. The first-order valence-electron chi connectivity index (χ1n) is 5.71. The van der Waals surface area contributed by atoms with Crippen LogP contribution in [0.3, 0.4) is 0 Å². The van der Waals surface area contributed by atoms with Crippen molar-refractivity contribution in [2.75, 3.05) is 19.8 Å². The van der Waals surface area contributed by atoms with Gasteiger partial charge in [0.2, 0.25) is 5.82 Å². The summed E-state index contributed by atoms with van der Waals surface area (Å²) >= 11 is 0. The number of carbonyl (C=O) groups excluding carboxylic acids is 1. The Hall–Kier alpha value is -1.51. The number of carbonyl (C=O) groups is 1. The number of amides is 1. The minimum atomic E-state index is -1.46. The third kappa shape index (κ3) is 2.50. The first-order chi connectivity index (χ1) is 8.64. The zero-order chi connectivity index (χ0) is 13.2. The van der Waals surface area contributed by atoms with E-state index in [1.807, 2.05) is 0 Å². The summed E-state index contributed by atoms with van der Waals surface area (Å²) in [5.41, 5.74) is -1.46. The van der Waals surface area contributed by atoms with Gasteiger partial charge in [0, 0.05) is 5.92 Å². The maximum absolute atomic E-state index is 11.8. The summed E-state index contributed by atoms with van der Waals surface area (Å²) in [5, 5.41) is 36.1. The van der Waals surface area contributed by atoms with Gasteiger partial charge >= 0.3 is 0 Å². The highest BCUT2D eigenvalue weighted by molar-refractivity contribution is 5.91. The van der Waals surface area contributed by atoms with E-state index >= 15 is 0 Å². The van der Waals surface area contributed by atoms with Crippen molar-refractivity contribution in [3.63, 3.8) is 0 Å². The van der Waals surface area contributed by atoms with Crippen LogP contribution in [0.5, 0.6) is 0 Å². The van der Waals surface area contributed by atoms with Crippen molar-refractivity contribution in [3.8, 4) is 0 Å². The van der Waals surface area contributed by atoms with E-state index in [0.29, 0.717) is 11.7 Å². The molecular weight excluding hydrogens is 240 g/mol. The smallest absolute Gasteiger partial charge is 0.291 e. The number of H-pyrrole nitrogens is 1. The van der Waals surface area contributed by atoms with E-state index in [-0.39, 0.29) is 5.82 Å². The Labute approximate surface area is 103 Å². The maximum atomic E-state index is 11.8. The Balaban J connectivity index is 2.05. The molecule has 1 fully saturated rings. The van der Waals surface area contributed by atoms with Gasteiger partial charge in [0.25, 0.3) is 5.91 Å². The molecule has 0 aliphatic heterocycles. The number of aliphatic hydroxyl groups is 3. The van der Waals surface area contributed by atoms with Crippen LogP contribution in [0.15, 0.2) is 0 Å². The van der Waals surface area contributed by atoms with Crippen LogP contribution in [-0.2, 0) is 0 Å². The summed E-state index contributed by atoms with van der Waals surface area (Å²) in [7, 11) is 0. The van der Waals surface area contributed by atoms with Crippen molar-refractivity contribution in [1.29, 1.82) is 0 Å². The fourth-order valence-corrected chi connectivity index (χ4v) is 1.48. The molecule has 0 aromatic carbocycles. The molecule has 8 heteroatoms. The number of nitrogens with one attached hydrogen (secondary N) is 2. The summed E-state index contributed by atoms with van der Waals surface area (Å²) in [5.74, 6) is 0.312. The van der Waals surface area contributed by atoms with E-state index < -0.39 is 31.3 Å². The highest BCUT2D eigenvalue weighted by Gasteiger charge is 2.33. The van der Waals surface area contributed by atoms with Crippen LogP contribution >= 0.6 is 0 Å². The molecule has 5 N–H and O–H groups in total. The van der Waals surface area contributed by atoms with Crippen LogP contribution in [0.25, 0.3) is 0 Å². The normalized spacial score (nSPS) is 15.7. The fraction of sp³-hybridized carbons (Fsp3) is 0.700. The van der Waals surface area contributed by atoms with Gasteiger partial charge in [-0.1, -0.05) is 0 Å². The van der Waals surface area contributed by atoms with Gasteiger partial charge in [-0.25, -0.2) is 4.98 Å². The number of aromatic amines is 1. The van der Waals surface area contributed by atoms with Crippen molar-refractivity contribution < 1.29 is 20.1 Å². The second-order valence-electron chi connectivity index (χ2n) is 4.53.